The van der Waals surface area contributed by atoms with Gasteiger partial charge in [-0.2, -0.15) is 5.10 Å². The van der Waals surface area contributed by atoms with Gasteiger partial charge >= 0.3 is 0 Å². The average Bonchev–Trinajstić information content (AvgIpc) is 3.26. The highest BCUT2D eigenvalue weighted by molar-refractivity contribution is 6.31. The third-order valence-corrected chi connectivity index (χ3v) is 5.41. The number of hydrogen-bond acceptors (Lipinski definition) is 4. The van der Waals surface area contributed by atoms with Gasteiger partial charge in [0.15, 0.2) is 0 Å². The third-order valence-electron chi connectivity index (χ3n) is 5.12. The Labute approximate surface area is 183 Å². The van der Waals surface area contributed by atoms with E-state index in [4.69, 9.17) is 16.3 Å². The van der Waals surface area contributed by atoms with Crippen molar-refractivity contribution >= 4 is 34.9 Å². The van der Waals surface area contributed by atoms with E-state index in [1.165, 1.54) is 18.2 Å². The molecule has 1 aromatic heterocycles. The first-order valence-electron chi connectivity index (χ1n) is 9.72. The number of rotatable bonds is 6. The minimum Gasteiger partial charge on any atom is -0.497 e. The standard InChI is InChI=1S/C22H20ClFN4O3/c1-3-17-20(12-4-7-14(31-2)8-5-12)21-26-22(30)18(28(21)27-17)11-19(29)25-13-6-9-16(24)15(23)10-13/h4-10,18H,3,11H2,1-2H3,(H,25,29)(H,26,30). The number of halogens is 2. The van der Waals surface area contributed by atoms with Crippen LogP contribution in [0.1, 0.15) is 25.1 Å². The van der Waals surface area contributed by atoms with Crippen molar-refractivity contribution in [1.29, 1.82) is 0 Å². The summed E-state index contributed by atoms with van der Waals surface area (Å²) in [5.41, 5.74) is 2.89. The molecule has 31 heavy (non-hydrogen) atoms. The fourth-order valence-corrected chi connectivity index (χ4v) is 3.77. The lowest BCUT2D eigenvalue weighted by molar-refractivity contribution is -0.123. The molecule has 9 heteroatoms. The summed E-state index contributed by atoms with van der Waals surface area (Å²) in [5.74, 6) is -0.00339. The summed E-state index contributed by atoms with van der Waals surface area (Å²) < 4.78 is 20.1. The van der Waals surface area contributed by atoms with E-state index in [1.807, 2.05) is 31.2 Å². The number of anilines is 2. The van der Waals surface area contributed by atoms with E-state index in [9.17, 15) is 14.0 Å². The fourth-order valence-electron chi connectivity index (χ4n) is 3.59. The van der Waals surface area contributed by atoms with Crippen molar-refractivity contribution in [1.82, 2.24) is 9.78 Å². The number of benzene rings is 2. The molecule has 7 nitrogen and oxygen atoms in total. The van der Waals surface area contributed by atoms with Gasteiger partial charge in [-0.1, -0.05) is 30.7 Å². The maximum Gasteiger partial charge on any atom is 0.251 e. The molecule has 1 aliphatic rings. The van der Waals surface area contributed by atoms with Crippen LogP contribution < -0.4 is 15.4 Å². The van der Waals surface area contributed by atoms with Crippen molar-refractivity contribution in [2.24, 2.45) is 0 Å². The van der Waals surface area contributed by atoms with Crippen LogP contribution in [0, 0.1) is 5.82 Å². The molecule has 0 aliphatic carbocycles. The van der Waals surface area contributed by atoms with Crippen molar-refractivity contribution in [3.63, 3.8) is 0 Å². The van der Waals surface area contributed by atoms with Gasteiger partial charge in [-0.25, -0.2) is 9.07 Å². The van der Waals surface area contributed by atoms with Crippen LogP contribution in [0.5, 0.6) is 5.75 Å². The SMILES string of the molecule is CCc1nn2c(c1-c1ccc(OC)cc1)NC(=O)C2CC(=O)Nc1ccc(F)c(Cl)c1. The van der Waals surface area contributed by atoms with E-state index in [1.54, 1.807) is 11.8 Å². The zero-order valence-corrected chi connectivity index (χ0v) is 17.7. The maximum atomic E-state index is 13.3. The van der Waals surface area contributed by atoms with Gasteiger partial charge in [-0.3, -0.25) is 9.59 Å². The smallest absolute Gasteiger partial charge is 0.251 e. The van der Waals surface area contributed by atoms with E-state index in [-0.39, 0.29) is 17.4 Å². The van der Waals surface area contributed by atoms with Crippen LogP contribution >= 0.6 is 11.6 Å². The Morgan fingerprint density at radius 3 is 2.68 bits per heavy atom. The van der Waals surface area contributed by atoms with Gasteiger partial charge < -0.3 is 15.4 Å². The number of ether oxygens (including phenoxy) is 1. The largest absolute Gasteiger partial charge is 0.497 e. The molecule has 0 saturated carbocycles. The Morgan fingerprint density at radius 1 is 1.29 bits per heavy atom. The van der Waals surface area contributed by atoms with Crippen molar-refractivity contribution in [3.05, 3.63) is 59.0 Å². The Balaban J connectivity index is 1.59. The van der Waals surface area contributed by atoms with Crippen molar-refractivity contribution in [3.8, 4) is 16.9 Å². The second-order valence-electron chi connectivity index (χ2n) is 7.08. The van der Waals surface area contributed by atoms with Crippen LogP contribution in [0.25, 0.3) is 11.1 Å². The molecule has 2 heterocycles. The van der Waals surface area contributed by atoms with E-state index in [0.29, 0.717) is 17.9 Å². The van der Waals surface area contributed by atoms with Crippen molar-refractivity contribution < 1.29 is 18.7 Å². The molecule has 4 rings (SSSR count). The maximum absolute atomic E-state index is 13.3. The van der Waals surface area contributed by atoms with E-state index >= 15 is 0 Å². The van der Waals surface area contributed by atoms with Gasteiger partial charge in [-0.05, 0) is 42.3 Å². The first-order chi connectivity index (χ1) is 14.9. The Kier molecular flexibility index (Phi) is 5.65. The lowest BCUT2D eigenvalue weighted by atomic mass is 10.0. The van der Waals surface area contributed by atoms with Gasteiger partial charge in [0.2, 0.25) is 5.91 Å². The Morgan fingerprint density at radius 2 is 2.03 bits per heavy atom. The number of nitrogens with one attached hydrogen (secondary N) is 2. The van der Waals surface area contributed by atoms with Crippen molar-refractivity contribution in [2.75, 3.05) is 17.7 Å². The van der Waals surface area contributed by atoms with Crippen LogP contribution in [-0.2, 0) is 16.0 Å². The molecule has 160 valence electrons. The molecular formula is C22H20ClFN4O3. The molecule has 0 radical (unpaired) electrons. The number of methoxy groups -OCH3 is 1. The summed E-state index contributed by atoms with van der Waals surface area (Å²) in [7, 11) is 1.60. The number of amides is 2. The molecule has 3 aromatic rings. The topological polar surface area (TPSA) is 85.2 Å². The van der Waals surface area contributed by atoms with E-state index in [2.05, 4.69) is 15.7 Å². The number of aryl methyl sites for hydroxylation is 1. The van der Waals surface area contributed by atoms with Gasteiger partial charge in [-0.15, -0.1) is 0 Å². The lowest BCUT2D eigenvalue weighted by Crippen LogP contribution is -2.24. The van der Waals surface area contributed by atoms with Crippen LogP contribution in [0.15, 0.2) is 42.5 Å². The molecule has 1 atom stereocenters. The third kappa shape index (κ3) is 3.98. The van der Waals surface area contributed by atoms with Crippen LogP contribution in [0.4, 0.5) is 15.9 Å². The average molecular weight is 443 g/mol. The summed E-state index contributed by atoms with van der Waals surface area (Å²) in [6.45, 7) is 1.98. The molecule has 0 spiro atoms. The summed E-state index contributed by atoms with van der Waals surface area (Å²) >= 11 is 5.76. The van der Waals surface area contributed by atoms with E-state index < -0.39 is 17.8 Å². The molecule has 2 amide bonds. The Bertz CT molecular complexity index is 1160. The lowest BCUT2D eigenvalue weighted by Gasteiger charge is -2.10. The highest BCUT2D eigenvalue weighted by atomic mass is 35.5. The molecule has 2 N–H and O–H groups in total. The Hall–Kier alpha value is -3.39. The minimum absolute atomic E-state index is 0.0949. The molecule has 2 aromatic carbocycles. The zero-order chi connectivity index (χ0) is 22.1. The predicted octanol–water partition coefficient (Wildman–Crippen LogP) is 4.44. The van der Waals surface area contributed by atoms with Crippen LogP contribution in [0.3, 0.4) is 0 Å². The van der Waals surface area contributed by atoms with Gasteiger partial charge in [0.25, 0.3) is 5.91 Å². The van der Waals surface area contributed by atoms with Crippen molar-refractivity contribution in [2.45, 2.75) is 25.8 Å². The van der Waals surface area contributed by atoms with Crippen LogP contribution in [0.2, 0.25) is 5.02 Å². The zero-order valence-electron chi connectivity index (χ0n) is 16.9. The molecule has 0 fully saturated rings. The summed E-state index contributed by atoms with van der Waals surface area (Å²) in [4.78, 5) is 25.2. The second kappa shape index (κ2) is 8.39. The molecule has 0 bridgehead atoms. The minimum atomic E-state index is -0.789. The number of hydrogen-bond donors (Lipinski definition) is 2. The second-order valence-corrected chi connectivity index (χ2v) is 7.49. The van der Waals surface area contributed by atoms with Crippen LogP contribution in [-0.4, -0.2) is 28.7 Å². The van der Waals surface area contributed by atoms with Gasteiger partial charge in [0.05, 0.1) is 24.2 Å². The number of aromatic nitrogens is 2. The number of carbonyl (C=O) groups excluding carboxylic acids is 2. The first-order valence-corrected chi connectivity index (χ1v) is 10.1. The van der Waals surface area contributed by atoms with E-state index in [0.717, 1.165) is 22.6 Å². The quantitative estimate of drug-likeness (QED) is 0.591. The summed E-state index contributed by atoms with van der Waals surface area (Å²) in [6, 6.07) is 10.6. The predicted molar refractivity (Wildman–Crippen MR) is 116 cm³/mol. The number of carbonyl (C=O) groups is 2. The molecule has 1 unspecified atom stereocenters. The monoisotopic (exact) mass is 442 g/mol. The fraction of sp³-hybridized carbons (Fsp3) is 0.227. The number of fused-ring (bicyclic) bond motifs is 1. The molecule has 0 saturated heterocycles. The highest BCUT2D eigenvalue weighted by Gasteiger charge is 2.36. The van der Waals surface area contributed by atoms with Gasteiger partial charge in [0, 0.05) is 11.3 Å². The summed E-state index contributed by atoms with van der Waals surface area (Å²) in [6.07, 6.45) is 0.533. The normalized spacial score (nSPS) is 14.8. The summed E-state index contributed by atoms with van der Waals surface area (Å²) in [5, 5.41) is 10.0. The molecular weight excluding hydrogens is 423 g/mol. The highest BCUT2D eigenvalue weighted by Crippen LogP contribution is 2.39. The molecule has 1 aliphatic heterocycles. The first kappa shape index (κ1) is 20.9. The van der Waals surface area contributed by atoms with Gasteiger partial charge in [0.1, 0.15) is 23.4 Å². The number of nitrogens with zero attached hydrogens (tertiary/aromatic N) is 2.